The summed E-state index contributed by atoms with van der Waals surface area (Å²) in [5.41, 5.74) is 0. The van der Waals surface area contributed by atoms with Gasteiger partial charge in [-0.1, -0.05) is 138 Å². The summed E-state index contributed by atoms with van der Waals surface area (Å²) in [6.07, 6.45) is 23.4. The highest BCUT2D eigenvalue weighted by Crippen LogP contribution is 2.40. The first-order chi connectivity index (χ1) is 16.4. The number of rotatable bonds is 27. The molecule has 0 heterocycles. The van der Waals surface area contributed by atoms with Crippen molar-refractivity contribution in [3.05, 3.63) is 0 Å². The molecule has 0 unspecified atom stereocenters. The van der Waals surface area contributed by atoms with Crippen LogP contribution in [-0.2, 0) is 13.6 Å². The van der Waals surface area contributed by atoms with E-state index in [0.717, 1.165) is 56.8 Å². The topological polar surface area (TPSA) is 27.7 Å². The van der Waals surface area contributed by atoms with Gasteiger partial charge in [-0.05, 0) is 37.0 Å². The molecule has 0 aliphatic rings. The van der Waals surface area contributed by atoms with Crippen molar-refractivity contribution in [2.75, 3.05) is 19.8 Å². The average Bonchev–Trinajstić information content (AvgIpc) is 2.77. The highest BCUT2D eigenvalue weighted by atomic mass is 31.2. The summed E-state index contributed by atoms with van der Waals surface area (Å²) < 4.78 is 18.2. The molecule has 3 nitrogen and oxygen atoms in total. The molecule has 0 rings (SSSR count). The van der Waals surface area contributed by atoms with Crippen LogP contribution in [0.25, 0.3) is 0 Å². The largest absolute Gasteiger partial charge is 0.332 e. The summed E-state index contributed by atoms with van der Waals surface area (Å²) >= 11 is 0. The van der Waals surface area contributed by atoms with Crippen molar-refractivity contribution in [3.8, 4) is 0 Å². The highest BCUT2D eigenvalue weighted by Gasteiger charge is 2.12. The van der Waals surface area contributed by atoms with Crippen LogP contribution in [0.2, 0.25) is 0 Å². The van der Waals surface area contributed by atoms with Crippen LogP contribution < -0.4 is 0 Å². The van der Waals surface area contributed by atoms with E-state index in [-0.39, 0.29) is 0 Å². The van der Waals surface area contributed by atoms with Crippen LogP contribution in [0.4, 0.5) is 0 Å². The molecule has 4 heteroatoms. The fourth-order valence-electron chi connectivity index (χ4n) is 4.08. The number of hydrogen-bond acceptors (Lipinski definition) is 3. The Kier molecular flexibility index (Phi) is 26.6. The zero-order valence-corrected chi connectivity index (χ0v) is 25.1. The van der Waals surface area contributed by atoms with Crippen molar-refractivity contribution in [3.63, 3.8) is 0 Å². The summed E-state index contributed by atoms with van der Waals surface area (Å²) in [4.78, 5) is 0. The lowest BCUT2D eigenvalue weighted by Gasteiger charge is -2.17. The third kappa shape index (κ3) is 28.5. The van der Waals surface area contributed by atoms with Crippen LogP contribution in [-0.4, -0.2) is 19.8 Å². The second kappa shape index (κ2) is 26.4. The molecular formula is C30H63O3P. The molecule has 0 fully saturated rings. The third-order valence-corrected chi connectivity index (χ3v) is 7.55. The summed E-state index contributed by atoms with van der Waals surface area (Å²) in [5, 5.41) is 0. The normalized spacial score (nSPS) is 12.2. The fraction of sp³-hybridized carbons (Fsp3) is 1.00. The van der Waals surface area contributed by atoms with E-state index >= 15 is 0 Å². The van der Waals surface area contributed by atoms with Gasteiger partial charge < -0.3 is 13.6 Å². The maximum Gasteiger partial charge on any atom is 0.332 e. The minimum absolute atomic E-state index is 0.778. The van der Waals surface area contributed by atoms with Gasteiger partial charge in [-0.25, -0.2) is 0 Å². The Balaban J connectivity index is 3.91. The minimum atomic E-state index is -1.17. The molecule has 0 aromatic heterocycles. The average molecular weight is 503 g/mol. The van der Waals surface area contributed by atoms with Crippen molar-refractivity contribution in [2.24, 2.45) is 17.8 Å². The smallest absolute Gasteiger partial charge is 0.312 e. The standard InChI is InChI=1S/C30H63O3P/c1-28(2)22-16-10-7-13-19-25-31-34(32-26-20-14-8-11-17-23-29(3)4)33-27-21-15-9-12-18-24-30(5)6/h28-30H,7-27H2,1-6H3. The van der Waals surface area contributed by atoms with Crippen LogP contribution in [0.15, 0.2) is 0 Å². The van der Waals surface area contributed by atoms with Crippen LogP contribution in [0.5, 0.6) is 0 Å². The first-order valence-corrected chi connectivity index (χ1v) is 16.2. The Bertz CT molecular complexity index is 330. The fourth-order valence-corrected chi connectivity index (χ4v) is 5.14. The van der Waals surface area contributed by atoms with Gasteiger partial charge in [0, 0.05) is 0 Å². The Labute approximate surface area is 216 Å². The molecule has 0 saturated carbocycles. The van der Waals surface area contributed by atoms with E-state index in [4.69, 9.17) is 13.6 Å². The molecule has 0 aliphatic heterocycles. The monoisotopic (exact) mass is 502 g/mol. The second-order valence-electron chi connectivity index (χ2n) is 11.6. The van der Waals surface area contributed by atoms with E-state index in [2.05, 4.69) is 41.5 Å². The molecule has 0 bridgehead atoms. The maximum absolute atomic E-state index is 6.05. The van der Waals surface area contributed by atoms with Crippen molar-refractivity contribution < 1.29 is 13.6 Å². The molecule has 0 atom stereocenters. The first kappa shape index (κ1) is 34.3. The van der Waals surface area contributed by atoms with Crippen LogP contribution >= 0.6 is 8.60 Å². The van der Waals surface area contributed by atoms with Gasteiger partial charge >= 0.3 is 8.60 Å². The Morgan fingerprint density at radius 1 is 0.353 bits per heavy atom. The van der Waals surface area contributed by atoms with Gasteiger partial charge in [0.05, 0.1) is 19.8 Å². The lowest BCUT2D eigenvalue weighted by atomic mass is 10.0. The molecular weight excluding hydrogens is 439 g/mol. The summed E-state index contributed by atoms with van der Waals surface area (Å²) in [5.74, 6) is 2.50. The Morgan fingerprint density at radius 3 is 0.853 bits per heavy atom. The van der Waals surface area contributed by atoms with Crippen molar-refractivity contribution >= 4 is 8.60 Å². The molecule has 0 saturated heterocycles. The summed E-state index contributed by atoms with van der Waals surface area (Å²) in [7, 11) is -1.17. The zero-order chi connectivity index (χ0) is 25.3. The van der Waals surface area contributed by atoms with Crippen molar-refractivity contribution in [1.82, 2.24) is 0 Å². The number of hydrogen-bond donors (Lipinski definition) is 0. The van der Waals surface area contributed by atoms with E-state index < -0.39 is 8.60 Å². The molecule has 0 radical (unpaired) electrons. The SMILES string of the molecule is CC(C)CCCCCCCOP(OCCCCCCCC(C)C)OCCCCCCCC(C)C. The quantitative estimate of drug-likeness (QED) is 0.0825. The first-order valence-electron chi connectivity index (χ1n) is 15.1. The highest BCUT2D eigenvalue weighted by molar-refractivity contribution is 7.41. The number of unbranched alkanes of at least 4 members (excludes halogenated alkanes) is 12. The van der Waals surface area contributed by atoms with Crippen LogP contribution in [0.3, 0.4) is 0 Å². The molecule has 0 aromatic rings. The van der Waals surface area contributed by atoms with Gasteiger partial charge in [0.2, 0.25) is 0 Å². The summed E-state index contributed by atoms with van der Waals surface area (Å²) in [6, 6.07) is 0. The lowest BCUT2D eigenvalue weighted by Crippen LogP contribution is -2.01. The van der Waals surface area contributed by atoms with Gasteiger partial charge in [0.15, 0.2) is 0 Å². The van der Waals surface area contributed by atoms with Gasteiger partial charge in [0.1, 0.15) is 0 Å². The van der Waals surface area contributed by atoms with Gasteiger partial charge in [-0.2, -0.15) is 0 Å². The predicted octanol–water partition coefficient (Wildman–Crippen LogP) is 11.3. The van der Waals surface area contributed by atoms with E-state index in [1.807, 2.05) is 0 Å². The second-order valence-corrected chi connectivity index (χ2v) is 12.8. The van der Waals surface area contributed by atoms with E-state index in [9.17, 15) is 0 Å². The molecule has 0 aliphatic carbocycles. The summed E-state index contributed by atoms with van der Waals surface area (Å²) in [6.45, 7) is 16.2. The van der Waals surface area contributed by atoms with E-state index in [1.54, 1.807) is 0 Å². The van der Waals surface area contributed by atoms with E-state index in [1.165, 1.54) is 96.3 Å². The molecule has 206 valence electrons. The van der Waals surface area contributed by atoms with E-state index in [0.29, 0.717) is 0 Å². The molecule has 0 amide bonds. The van der Waals surface area contributed by atoms with Gasteiger partial charge in [-0.3, -0.25) is 0 Å². The zero-order valence-electron chi connectivity index (χ0n) is 24.3. The van der Waals surface area contributed by atoms with Crippen molar-refractivity contribution in [2.45, 2.75) is 157 Å². The van der Waals surface area contributed by atoms with Crippen molar-refractivity contribution in [1.29, 1.82) is 0 Å². The molecule has 34 heavy (non-hydrogen) atoms. The Hall–Kier alpha value is 0.310. The van der Waals surface area contributed by atoms with Crippen LogP contribution in [0.1, 0.15) is 157 Å². The molecule has 0 N–H and O–H groups in total. The van der Waals surface area contributed by atoms with Gasteiger partial charge in [-0.15, -0.1) is 0 Å². The lowest BCUT2D eigenvalue weighted by molar-refractivity contribution is 0.153. The molecule has 0 spiro atoms. The molecule has 0 aromatic carbocycles. The van der Waals surface area contributed by atoms with Crippen LogP contribution in [0, 0.1) is 17.8 Å². The minimum Gasteiger partial charge on any atom is -0.312 e. The third-order valence-electron chi connectivity index (χ3n) is 6.37. The predicted molar refractivity (Wildman–Crippen MR) is 152 cm³/mol. The van der Waals surface area contributed by atoms with Gasteiger partial charge in [0.25, 0.3) is 0 Å². The Morgan fingerprint density at radius 2 is 0.588 bits per heavy atom. The maximum atomic E-state index is 6.05.